The van der Waals surface area contributed by atoms with Crippen molar-refractivity contribution in [2.24, 2.45) is 0 Å². The smallest absolute Gasteiger partial charge is 0.341 e. The van der Waals surface area contributed by atoms with Gasteiger partial charge in [0.05, 0.1) is 16.6 Å². The van der Waals surface area contributed by atoms with Crippen LogP contribution in [0, 0.1) is 0 Å². The molecule has 2 aliphatic rings. The maximum absolute atomic E-state index is 14.2. The lowest BCUT2D eigenvalue weighted by Gasteiger charge is -2.24. The Hall–Kier alpha value is -3.39. The first-order valence-corrected chi connectivity index (χ1v) is 12.5. The van der Waals surface area contributed by atoms with Crippen LogP contribution in [0.25, 0.3) is 16.7 Å². The molecular weight excluding hydrogens is 465 g/mol. The zero-order valence-corrected chi connectivity index (χ0v) is 19.9. The molecule has 5 rings (SSSR count). The monoisotopic (exact) mass is 494 g/mol. The highest BCUT2D eigenvalue weighted by atomic mass is 19.4. The van der Waals surface area contributed by atoms with Crippen LogP contribution in [0.5, 0.6) is 0 Å². The topological polar surface area (TPSA) is 59.0 Å². The third-order valence-corrected chi connectivity index (χ3v) is 6.78. The third kappa shape index (κ3) is 5.23. The van der Waals surface area contributed by atoms with Crippen molar-refractivity contribution in [1.82, 2.24) is 14.9 Å². The average Bonchev–Trinajstić information content (AvgIpc) is 2.88. The molecule has 0 radical (unpaired) electrons. The van der Waals surface area contributed by atoms with Crippen LogP contribution >= 0.6 is 0 Å². The standard InChI is InChI=1S/C28H29F3N4O/c29-28(30,31)23-16-21(18-32-19-10-4-1-5-11-19)34-27-26(23)24(36)17-25(33-20-12-6-2-7-13-20)35(27)22-14-8-3-9-15-22/h3,6,8-9,12-17,19,32-33H,1-2,4-5,7,10-11,18H2. The SMILES string of the molecule is O=c1cc(NC2=CCCC=C2)n(-c2ccccc2)c2nc(CNC3CCCCC3)cc(C(F)(F)F)c12. The molecule has 36 heavy (non-hydrogen) atoms. The van der Waals surface area contributed by atoms with Gasteiger partial charge in [-0.25, -0.2) is 4.98 Å². The van der Waals surface area contributed by atoms with Crippen molar-refractivity contribution in [1.29, 1.82) is 0 Å². The number of fused-ring (bicyclic) bond motifs is 1. The van der Waals surface area contributed by atoms with E-state index in [4.69, 9.17) is 0 Å². The first-order chi connectivity index (χ1) is 17.4. The van der Waals surface area contributed by atoms with Crippen LogP contribution in [-0.4, -0.2) is 15.6 Å². The van der Waals surface area contributed by atoms with E-state index in [2.05, 4.69) is 15.6 Å². The highest BCUT2D eigenvalue weighted by Crippen LogP contribution is 2.35. The van der Waals surface area contributed by atoms with Gasteiger partial charge in [0.2, 0.25) is 0 Å². The maximum atomic E-state index is 14.2. The Morgan fingerprint density at radius 2 is 1.81 bits per heavy atom. The molecule has 2 aromatic heterocycles. The van der Waals surface area contributed by atoms with Gasteiger partial charge in [0.25, 0.3) is 0 Å². The van der Waals surface area contributed by atoms with Gasteiger partial charge in [-0.3, -0.25) is 9.36 Å². The Balaban J connectivity index is 1.69. The van der Waals surface area contributed by atoms with Gasteiger partial charge in [-0.15, -0.1) is 0 Å². The quantitative estimate of drug-likeness (QED) is 0.412. The fraction of sp³-hybridized carbons (Fsp3) is 0.357. The number of benzene rings is 1. The van der Waals surface area contributed by atoms with Crippen LogP contribution in [0.3, 0.4) is 0 Å². The van der Waals surface area contributed by atoms with Crippen molar-refractivity contribution in [3.8, 4) is 5.69 Å². The van der Waals surface area contributed by atoms with E-state index in [1.807, 2.05) is 36.4 Å². The molecule has 5 nitrogen and oxygen atoms in total. The van der Waals surface area contributed by atoms with Gasteiger partial charge in [0, 0.05) is 30.0 Å². The van der Waals surface area contributed by atoms with E-state index >= 15 is 0 Å². The Bertz CT molecular complexity index is 1350. The van der Waals surface area contributed by atoms with Crippen LogP contribution in [0.2, 0.25) is 0 Å². The van der Waals surface area contributed by atoms with Gasteiger partial charge in [0.1, 0.15) is 5.82 Å². The van der Waals surface area contributed by atoms with E-state index in [0.29, 0.717) is 11.5 Å². The van der Waals surface area contributed by atoms with Gasteiger partial charge >= 0.3 is 6.18 Å². The molecule has 0 amide bonds. The zero-order valence-electron chi connectivity index (χ0n) is 19.9. The molecule has 0 saturated heterocycles. The Morgan fingerprint density at radius 3 is 2.50 bits per heavy atom. The summed E-state index contributed by atoms with van der Waals surface area (Å²) in [5.41, 5.74) is -0.0119. The molecule has 0 aliphatic heterocycles. The van der Waals surface area contributed by atoms with E-state index in [-0.39, 0.29) is 23.9 Å². The van der Waals surface area contributed by atoms with Crippen molar-refractivity contribution >= 4 is 16.9 Å². The maximum Gasteiger partial charge on any atom is 0.417 e. The molecule has 1 aromatic carbocycles. The minimum Gasteiger partial charge on any atom is -0.341 e. The fourth-order valence-electron chi connectivity index (χ4n) is 5.02. The highest BCUT2D eigenvalue weighted by molar-refractivity contribution is 5.84. The minimum absolute atomic E-state index is 0.00754. The van der Waals surface area contributed by atoms with Crippen molar-refractivity contribution < 1.29 is 13.2 Å². The summed E-state index contributed by atoms with van der Waals surface area (Å²) in [5.74, 6) is 0.370. The predicted molar refractivity (Wildman–Crippen MR) is 136 cm³/mol. The van der Waals surface area contributed by atoms with Crippen LogP contribution in [0.4, 0.5) is 19.0 Å². The second-order valence-electron chi connectivity index (χ2n) is 9.40. The van der Waals surface area contributed by atoms with Gasteiger partial charge in [-0.05, 0) is 50.0 Å². The fourth-order valence-corrected chi connectivity index (χ4v) is 5.02. The van der Waals surface area contributed by atoms with Gasteiger partial charge < -0.3 is 10.6 Å². The lowest BCUT2D eigenvalue weighted by molar-refractivity contribution is -0.136. The molecule has 0 bridgehead atoms. The van der Waals surface area contributed by atoms with E-state index in [0.717, 1.165) is 50.3 Å². The van der Waals surface area contributed by atoms with Crippen molar-refractivity contribution in [3.63, 3.8) is 0 Å². The first-order valence-electron chi connectivity index (χ1n) is 12.5. The van der Waals surface area contributed by atoms with E-state index in [9.17, 15) is 18.0 Å². The molecule has 1 fully saturated rings. The number of nitrogens with one attached hydrogen (secondary N) is 2. The number of rotatable bonds is 6. The summed E-state index contributed by atoms with van der Waals surface area (Å²) in [5, 5.41) is 6.20. The first kappa shape index (κ1) is 24.3. The lowest BCUT2D eigenvalue weighted by Crippen LogP contribution is -2.31. The Morgan fingerprint density at radius 1 is 1.03 bits per heavy atom. The summed E-state index contributed by atoms with van der Waals surface area (Å²) in [6, 6.07) is 11.6. The lowest BCUT2D eigenvalue weighted by atomic mass is 9.95. The molecule has 2 N–H and O–H groups in total. The van der Waals surface area contributed by atoms with Crippen LogP contribution in [0.15, 0.2) is 71.2 Å². The summed E-state index contributed by atoms with van der Waals surface area (Å²) in [7, 11) is 0. The predicted octanol–water partition coefficient (Wildman–Crippen LogP) is 6.47. The number of halogens is 3. The summed E-state index contributed by atoms with van der Waals surface area (Å²) in [4.78, 5) is 17.8. The average molecular weight is 495 g/mol. The van der Waals surface area contributed by atoms with Crippen LogP contribution < -0.4 is 16.1 Å². The zero-order chi connectivity index (χ0) is 25.1. The summed E-state index contributed by atoms with van der Waals surface area (Å²) in [6.45, 7) is 0.207. The van der Waals surface area contributed by atoms with Crippen molar-refractivity contribution in [3.05, 3.63) is 87.9 Å². The number of nitrogens with zero attached hydrogens (tertiary/aromatic N) is 2. The number of para-hydroxylation sites is 1. The Kier molecular flexibility index (Phi) is 6.96. The van der Waals surface area contributed by atoms with Crippen LogP contribution in [0.1, 0.15) is 56.2 Å². The molecule has 0 spiro atoms. The van der Waals surface area contributed by atoms with Gasteiger partial charge in [0.15, 0.2) is 11.1 Å². The second-order valence-corrected chi connectivity index (χ2v) is 9.40. The number of alkyl halides is 3. The number of aromatic nitrogens is 2. The van der Waals surface area contributed by atoms with E-state index in [1.54, 1.807) is 16.7 Å². The Labute approximate surface area is 207 Å². The molecule has 3 aromatic rings. The van der Waals surface area contributed by atoms with E-state index < -0.39 is 22.6 Å². The summed E-state index contributed by atoms with van der Waals surface area (Å²) < 4.78 is 44.4. The third-order valence-electron chi connectivity index (χ3n) is 6.78. The largest absolute Gasteiger partial charge is 0.417 e. The van der Waals surface area contributed by atoms with Gasteiger partial charge in [-0.2, -0.15) is 13.2 Å². The molecule has 0 unspecified atom stereocenters. The van der Waals surface area contributed by atoms with Crippen LogP contribution in [-0.2, 0) is 12.7 Å². The van der Waals surface area contributed by atoms with Crippen molar-refractivity contribution in [2.75, 3.05) is 5.32 Å². The molecule has 1 saturated carbocycles. The number of anilines is 1. The number of pyridine rings is 2. The summed E-state index contributed by atoms with van der Waals surface area (Å²) in [6.07, 6.45) is 8.42. The minimum atomic E-state index is -4.70. The second kappa shape index (κ2) is 10.3. The molecule has 2 heterocycles. The van der Waals surface area contributed by atoms with E-state index in [1.165, 1.54) is 12.5 Å². The number of hydrogen-bond acceptors (Lipinski definition) is 4. The highest BCUT2D eigenvalue weighted by Gasteiger charge is 2.35. The molecule has 0 atom stereocenters. The summed E-state index contributed by atoms with van der Waals surface area (Å²) >= 11 is 0. The molecular formula is C28H29F3N4O. The van der Waals surface area contributed by atoms with Gasteiger partial charge in [-0.1, -0.05) is 49.6 Å². The number of allylic oxidation sites excluding steroid dienone is 3. The molecule has 2 aliphatic carbocycles. The number of hydrogen-bond donors (Lipinski definition) is 2. The normalized spacial score (nSPS) is 16.8. The molecule has 8 heteroatoms. The van der Waals surface area contributed by atoms with Crippen molar-refractivity contribution in [2.45, 2.75) is 63.7 Å². The molecule has 188 valence electrons.